The number of nitrogens with one attached hydrogen (secondary N) is 2. The van der Waals surface area contributed by atoms with Gasteiger partial charge in [-0.25, -0.2) is 13.4 Å². The molecule has 2 aliphatic heterocycles. The fourth-order valence-corrected chi connectivity index (χ4v) is 7.16. The molecule has 1 atom stereocenters. The molecular formula is C30H36ClN5O5S. The van der Waals surface area contributed by atoms with Gasteiger partial charge in [0, 0.05) is 12.0 Å². The van der Waals surface area contributed by atoms with Crippen LogP contribution in [0.1, 0.15) is 56.2 Å². The predicted octanol–water partition coefficient (Wildman–Crippen LogP) is 5.70. The zero-order chi connectivity index (χ0) is 30.2. The lowest BCUT2D eigenvalue weighted by atomic mass is 9.82. The van der Waals surface area contributed by atoms with Gasteiger partial charge in [-0.05, 0) is 88.9 Å². The van der Waals surface area contributed by atoms with Gasteiger partial charge in [0.25, 0.3) is 0 Å². The first-order valence-corrected chi connectivity index (χ1v) is 16.0. The number of benzene rings is 2. The molecule has 10 nitrogen and oxygen atoms in total. The number of para-hydroxylation sites is 1. The number of sulfone groups is 1. The molecule has 1 fully saturated rings. The van der Waals surface area contributed by atoms with E-state index in [2.05, 4.69) is 27.5 Å². The minimum absolute atomic E-state index is 0.0102. The number of piperidine rings is 1. The number of nitrogens with zero attached hydrogens (tertiary/aromatic N) is 3. The summed E-state index contributed by atoms with van der Waals surface area (Å²) in [6, 6.07) is 8.72. The summed E-state index contributed by atoms with van der Waals surface area (Å²) in [5.74, 6) is 0.864. The first-order chi connectivity index (χ1) is 19.9. The summed E-state index contributed by atoms with van der Waals surface area (Å²) < 4.78 is 32.2. The van der Waals surface area contributed by atoms with Gasteiger partial charge in [-0.15, -0.1) is 0 Å². The van der Waals surface area contributed by atoms with E-state index in [-0.39, 0.29) is 34.3 Å². The normalized spacial score (nSPS) is 17.6. The summed E-state index contributed by atoms with van der Waals surface area (Å²) in [5, 5.41) is 15.2. The molecule has 2 aromatic carbocycles. The van der Waals surface area contributed by atoms with Crippen molar-refractivity contribution in [3.8, 4) is 5.75 Å². The number of carboxylic acid groups (broad SMARTS) is 1. The van der Waals surface area contributed by atoms with Crippen LogP contribution in [0.2, 0.25) is 5.02 Å². The maximum Gasteiger partial charge on any atom is 0.317 e. The van der Waals surface area contributed by atoms with Gasteiger partial charge in [0.1, 0.15) is 16.9 Å². The number of ether oxygens (including phenoxy) is 1. The molecule has 0 unspecified atom stereocenters. The predicted molar refractivity (Wildman–Crippen MR) is 163 cm³/mol. The van der Waals surface area contributed by atoms with Crippen molar-refractivity contribution in [3.05, 3.63) is 58.2 Å². The zero-order valence-electron chi connectivity index (χ0n) is 24.1. The second kappa shape index (κ2) is 12.1. The van der Waals surface area contributed by atoms with Crippen LogP contribution in [0, 0.1) is 6.92 Å². The molecule has 0 saturated carbocycles. The van der Waals surface area contributed by atoms with Crippen molar-refractivity contribution in [1.29, 1.82) is 0 Å². The molecule has 12 heteroatoms. The first-order valence-electron chi connectivity index (χ1n) is 14.1. The van der Waals surface area contributed by atoms with Gasteiger partial charge in [-0.2, -0.15) is 4.98 Å². The number of halogens is 1. The summed E-state index contributed by atoms with van der Waals surface area (Å²) in [4.78, 5) is 22.3. The average Bonchev–Trinajstić information content (AvgIpc) is 3.32. The Morgan fingerprint density at radius 2 is 1.90 bits per heavy atom. The van der Waals surface area contributed by atoms with Crippen molar-refractivity contribution in [3.63, 3.8) is 0 Å². The van der Waals surface area contributed by atoms with Gasteiger partial charge in [-0.3, -0.25) is 9.69 Å². The molecule has 3 aromatic rings. The molecule has 42 heavy (non-hydrogen) atoms. The third kappa shape index (κ3) is 6.18. The van der Waals surface area contributed by atoms with Crippen LogP contribution < -0.4 is 15.4 Å². The number of anilines is 4. The molecule has 0 spiro atoms. The molecule has 3 N–H and O–H groups in total. The highest BCUT2D eigenvalue weighted by atomic mass is 35.5. The van der Waals surface area contributed by atoms with Crippen molar-refractivity contribution >= 4 is 50.5 Å². The number of hydrogen-bond donors (Lipinski definition) is 3. The molecule has 3 heterocycles. The van der Waals surface area contributed by atoms with Crippen LogP contribution in [-0.2, 0) is 21.1 Å². The Balaban J connectivity index is 1.42. The van der Waals surface area contributed by atoms with E-state index in [4.69, 9.17) is 21.4 Å². The number of aliphatic carboxylic acids is 1. The van der Waals surface area contributed by atoms with Crippen LogP contribution in [0.5, 0.6) is 5.75 Å². The minimum Gasteiger partial charge on any atom is -0.488 e. The Hall–Kier alpha value is -3.41. The van der Waals surface area contributed by atoms with Crippen LogP contribution >= 0.6 is 11.6 Å². The summed E-state index contributed by atoms with van der Waals surface area (Å²) in [7, 11) is -3.55. The van der Waals surface area contributed by atoms with Crippen LogP contribution in [0.15, 0.2) is 41.4 Å². The third-order valence-corrected chi connectivity index (χ3v) is 10.3. The van der Waals surface area contributed by atoms with Crippen LogP contribution in [0.25, 0.3) is 0 Å². The topological polar surface area (TPSA) is 134 Å². The van der Waals surface area contributed by atoms with E-state index < -0.39 is 21.1 Å². The average molecular weight is 614 g/mol. The van der Waals surface area contributed by atoms with Gasteiger partial charge in [-0.1, -0.05) is 23.7 Å². The van der Waals surface area contributed by atoms with Gasteiger partial charge >= 0.3 is 5.97 Å². The lowest BCUT2D eigenvalue weighted by Gasteiger charge is -2.33. The number of rotatable bonds is 9. The molecule has 0 amide bonds. The highest BCUT2D eigenvalue weighted by Crippen LogP contribution is 2.46. The third-order valence-electron chi connectivity index (χ3n) is 7.85. The highest BCUT2D eigenvalue weighted by molar-refractivity contribution is 7.92. The van der Waals surface area contributed by atoms with Gasteiger partial charge in [0.15, 0.2) is 15.7 Å². The maximum absolute atomic E-state index is 12.9. The van der Waals surface area contributed by atoms with Crippen LogP contribution in [0.4, 0.5) is 23.1 Å². The maximum atomic E-state index is 12.9. The molecule has 0 radical (unpaired) electrons. The van der Waals surface area contributed by atoms with E-state index in [9.17, 15) is 13.2 Å². The zero-order valence-corrected chi connectivity index (χ0v) is 25.7. The summed E-state index contributed by atoms with van der Waals surface area (Å²) >= 11 is 6.44. The van der Waals surface area contributed by atoms with Crippen molar-refractivity contribution in [2.24, 2.45) is 0 Å². The number of likely N-dealkylation sites (tertiary alicyclic amines) is 1. The SMILES string of the molecule is Cc1cc(Nc2ncc(Cl)c(Nc3ccccc3S(=O)(=O)C(C)C)n2)c2c(c1C1CCN(CC(=O)O)CC1)C[C@H](C)O2. The number of aryl methyl sites for hydroxylation is 1. The van der Waals surface area contributed by atoms with Crippen molar-refractivity contribution in [2.45, 2.75) is 69.1 Å². The van der Waals surface area contributed by atoms with E-state index in [0.717, 1.165) is 49.4 Å². The fraction of sp³-hybridized carbons (Fsp3) is 0.433. The molecule has 0 aliphatic carbocycles. The monoisotopic (exact) mass is 613 g/mol. The number of carboxylic acids is 1. The molecule has 5 rings (SSSR count). The number of hydrogen-bond acceptors (Lipinski definition) is 9. The second-order valence-corrected chi connectivity index (χ2v) is 14.1. The lowest BCUT2D eigenvalue weighted by molar-refractivity contribution is -0.138. The van der Waals surface area contributed by atoms with Crippen LogP contribution in [-0.4, -0.2) is 65.3 Å². The Kier molecular flexibility index (Phi) is 8.63. The Morgan fingerprint density at radius 1 is 1.19 bits per heavy atom. The Bertz CT molecular complexity index is 1610. The van der Waals surface area contributed by atoms with E-state index in [1.54, 1.807) is 38.1 Å². The fourth-order valence-electron chi connectivity index (χ4n) is 5.82. The molecule has 1 aromatic heterocycles. The quantitative estimate of drug-likeness (QED) is 0.276. The summed E-state index contributed by atoms with van der Waals surface area (Å²) in [6.45, 7) is 8.99. The molecule has 1 saturated heterocycles. The Morgan fingerprint density at radius 3 is 2.60 bits per heavy atom. The Labute approximate surface area is 251 Å². The molecular weight excluding hydrogens is 578 g/mol. The van der Waals surface area contributed by atoms with E-state index in [1.165, 1.54) is 17.3 Å². The first kappa shape index (κ1) is 30.1. The van der Waals surface area contributed by atoms with Crippen molar-refractivity contribution in [2.75, 3.05) is 30.3 Å². The smallest absolute Gasteiger partial charge is 0.317 e. The number of aromatic nitrogens is 2. The van der Waals surface area contributed by atoms with Crippen molar-refractivity contribution in [1.82, 2.24) is 14.9 Å². The van der Waals surface area contributed by atoms with E-state index >= 15 is 0 Å². The standard InChI is InChI=1S/C30H36ClN5O5S/c1-17(2)42(39,40)25-8-6-5-7-23(25)33-29-22(31)15-32-30(35-29)34-24-13-18(3)27(21-14-19(4)41-28(21)24)20-9-11-36(12-10-20)16-26(37)38/h5-8,13,15,17,19-20H,9-12,14,16H2,1-4H3,(H,37,38)(H2,32,33,34,35)/t19-/m0/s1. The van der Waals surface area contributed by atoms with Crippen LogP contribution in [0.3, 0.4) is 0 Å². The molecule has 224 valence electrons. The largest absolute Gasteiger partial charge is 0.488 e. The number of fused-ring (bicyclic) bond motifs is 1. The van der Waals surface area contributed by atoms with E-state index in [0.29, 0.717) is 11.6 Å². The van der Waals surface area contributed by atoms with Gasteiger partial charge in [0.05, 0.1) is 34.3 Å². The van der Waals surface area contributed by atoms with Gasteiger partial charge in [0.2, 0.25) is 5.95 Å². The second-order valence-electron chi connectivity index (χ2n) is 11.3. The molecule has 2 aliphatic rings. The van der Waals surface area contributed by atoms with Crippen molar-refractivity contribution < 1.29 is 23.1 Å². The van der Waals surface area contributed by atoms with E-state index in [1.807, 2.05) is 17.9 Å². The highest BCUT2D eigenvalue weighted by Gasteiger charge is 2.32. The molecule has 0 bridgehead atoms. The summed E-state index contributed by atoms with van der Waals surface area (Å²) in [5.41, 5.74) is 4.71. The van der Waals surface area contributed by atoms with Gasteiger partial charge < -0.3 is 20.5 Å². The number of carbonyl (C=O) groups is 1. The lowest BCUT2D eigenvalue weighted by Crippen LogP contribution is -2.37. The summed E-state index contributed by atoms with van der Waals surface area (Å²) in [6.07, 6.45) is 4.05. The minimum atomic E-state index is -3.55.